The van der Waals surface area contributed by atoms with Crippen LogP contribution in [-0.4, -0.2) is 43.9 Å². The summed E-state index contributed by atoms with van der Waals surface area (Å²) >= 11 is 0. The van der Waals surface area contributed by atoms with Crippen LogP contribution in [0.3, 0.4) is 0 Å². The molecule has 102 valence electrons. The van der Waals surface area contributed by atoms with Crippen LogP contribution in [0.5, 0.6) is 0 Å². The monoisotopic (exact) mass is 261 g/mol. The summed E-state index contributed by atoms with van der Waals surface area (Å²) in [5.41, 5.74) is 0.877. The molecule has 0 saturated carbocycles. The van der Waals surface area contributed by atoms with Crippen LogP contribution in [0.15, 0.2) is 35.9 Å². The first-order chi connectivity index (χ1) is 9.00. The molecular weight excluding hydrogens is 242 g/mol. The van der Waals surface area contributed by atoms with E-state index in [-0.39, 0.29) is 18.0 Å². The first-order valence-corrected chi connectivity index (χ1v) is 6.10. The van der Waals surface area contributed by atoms with Crippen molar-refractivity contribution in [1.29, 1.82) is 0 Å². The minimum atomic E-state index is -0.571. The maximum atomic E-state index is 11.8. The van der Waals surface area contributed by atoms with Gasteiger partial charge in [-0.2, -0.15) is 0 Å². The Morgan fingerprint density at radius 2 is 1.84 bits per heavy atom. The van der Waals surface area contributed by atoms with Crippen LogP contribution in [0, 0.1) is 0 Å². The molecule has 1 rings (SSSR count). The zero-order valence-corrected chi connectivity index (χ0v) is 11.6. The van der Waals surface area contributed by atoms with Gasteiger partial charge in [-0.1, -0.05) is 30.3 Å². The number of hydrogen-bond donors (Lipinski definition) is 0. The third-order valence-electron chi connectivity index (χ3n) is 2.48. The molecule has 0 aliphatic heterocycles. The quantitative estimate of drug-likeness (QED) is 0.339. The number of esters is 1. The van der Waals surface area contributed by atoms with Crippen molar-refractivity contribution in [2.24, 2.45) is 0 Å². The molecule has 0 N–H and O–H groups in total. The van der Waals surface area contributed by atoms with Crippen LogP contribution in [0.4, 0.5) is 0 Å². The molecular formula is C15H19NO3. The van der Waals surface area contributed by atoms with Gasteiger partial charge in [0, 0.05) is 6.54 Å². The summed E-state index contributed by atoms with van der Waals surface area (Å²) in [5.74, 6) is -0.864. The van der Waals surface area contributed by atoms with Gasteiger partial charge in [-0.05, 0) is 32.7 Å². The predicted molar refractivity (Wildman–Crippen MR) is 74.6 cm³/mol. The van der Waals surface area contributed by atoms with E-state index in [0.29, 0.717) is 6.54 Å². The fourth-order valence-corrected chi connectivity index (χ4v) is 1.42. The fourth-order valence-electron chi connectivity index (χ4n) is 1.42. The molecule has 0 unspecified atom stereocenters. The lowest BCUT2D eigenvalue weighted by molar-refractivity contribution is -0.140. The van der Waals surface area contributed by atoms with Crippen molar-refractivity contribution in [3.05, 3.63) is 41.5 Å². The third kappa shape index (κ3) is 5.48. The Labute approximate surface area is 113 Å². The Bertz CT molecular complexity index is 464. The number of rotatable bonds is 6. The smallest absolute Gasteiger partial charge is 0.341 e. The number of ketones is 1. The largest absolute Gasteiger partial charge is 0.461 e. The minimum Gasteiger partial charge on any atom is -0.461 e. The van der Waals surface area contributed by atoms with Gasteiger partial charge in [-0.3, -0.25) is 4.79 Å². The lowest BCUT2D eigenvalue weighted by Crippen LogP contribution is -2.22. The fraction of sp³-hybridized carbons (Fsp3) is 0.333. The number of carbonyl (C=O) groups excluding carboxylic acids is 2. The Hall–Kier alpha value is -1.94. The van der Waals surface area contributed by atoms with Gasteiger partial charge in [-0.15, -0.1) is 0 Å². The Kier molecular flexibility index (Phi) is 5.96. The molecule has 1 aromatic rings. The number of Topliss-reactive ketones (excluding diaryl/α,β-unsaturated/α-hetero) is 1. The molecule has 1 aromatic carbocycles. The van der Waals surface area contributed by atoms with Gasteiger partial charge in [0.25, 0.3) is 0 Å². The zero-order chi connectivity index (χ0) is 14.3. The summed E-state index contributed by atoms with van der Waals surface area (Å²) in [5, 5.41) is 0. The highest BCUT2D eigenvalue weighted by Gasteiger charge is 2.15. The molecule has 4 heteroatoms. The first kappa shape index (κ1) is 15.1. The molecule has 0 fully saturated rings. The van der Waals surface area contributed by atoms with E-state index in [4.69, 9.17) is 4.74 Å². The van der Waals surface area contributed by atoms with Gasteiger partial charge in [0.2, 0.25) is 0 Å². The summed E-state index contributed by atoms with van der Waals surface area (Å²) in [6.45, 7) is 2.26. The van der Waals surface area contributed by atoms with Gasteiger partial charge in [0.1, 0.15) is 12.2 Å². The van der Waals surface area contributed by atoms with E-state index in [1.807, 2.05) is 49.3 Å². The summed E-state index contributed by atoms with van der Waals surface area (Å²) in [6, 6.07) is 9.23. The van der Waals surface area contributed by atoms with Gasteiger partial charge >= 0.3 is 5.97 Å². The molecule has 0 aromatic heterocycles. The number of nitrogens with zero attached hydrogens (tertiary/aromatic N) is 1. The molecule has 0 saturated heterocycles. The molecule has 19 heavy (non-hydrogen) atoms. The van der Waals surface area contributed by atoms with Crippen LogP contribution in [-0.2, 0) is 14.3 Å². The predicted octanol–water partition coefficient (Wildman–Crippen LogP) is 1.76. The molecule has 4 nitrogen and oxygen atoms in total. The highest BCUT2D eigenvalue weighted by molar-refractivity contribution is 6.19. The lowest BCUT2D eigenvalue weighted by atomic mass is 10.1. The second-order valence-electron chi connectivity index (χ2n) is 4.46. The van der Waals surface area contributed by atoms with Gasteiger partial charge < -0.3 is 9.64 Å². The van der Waals surface area contributed by atoms with Crippen molar-refractivity contribution in [1.82, 2.24) is 4.90 Å². The average Bonchev–Trinajstić information content (AvgIpc) is 2.36. The number of hydrogen-bond acceptors (Lipinski definition) is 4. The molecule has 0 bridgehead atoms. The van der Waals surface area contributed by atoms with E-state index in [0.717, 1.165) is 5.56 Å². The second kappa shape index (κ2) is 7.48. The Morgan fingerprint density at radius 1 is 1.21 bits per heavy atom. The summed E-state index contributed by atoms with van der Waals surface area (Å²) in [7, 11) is 3.78. The van der Waals surface area contributed by atoms with Crippen molar-refractivity contribution >= 4 is 17.8 Å². The molecule has 0 radical (unpaired) electrons. The van der Waals surface area contributed by atoms with E-state index >= 15 is 0 Å². The van der Waals surface area contributed by atoms with Crippen LogP contribution in [0.1, 0.15) is 12.5 Å². The lowest BCUT2D eigenvalue weighted by Gasteiger charge is -2.10. The van der Waals surface area contributed by atoms with Gasteiger partial charge in [-0.25, -0.2) is 4.79 Å². The van der Waals surface area contributed by atoms with Crippen LogP contribution >= 0.6 is 0 Å². The van der Waals surface area contributed by atoms with Crippen molar-refractivity contribution in [2.75, 3.05) is 27.2 Å². The van der Waals surface area contributed by atoms with Crippen LogP contribution in [0.2, 0.25) is 0 Å². The zero-order valence-electron chi connectivity index (χ0n) is 11.6. The summed E-state index contributed by atoms with van der Waals surface area (Å²) in [6.07, 6.45) is 1.56. The van der Waals surface area contributed by atoms with Crippen molar-refractivity contribution in [3.63, 3.8) is 0 Å². The third-order valence-corrected chi connectivity index (χ3v) is 2.48. The molecule has 0 amide bonds. The maximum absolute atomic E-state index is 11.8. The number of benzene rings is 1. The maximum Gasteiger partial charge on any atom is 0.341 e. The van der Waals surface area contributed by atoms with E-state index in [2.05, 4.69) is 0 Å². The highest BCUT2D eigenvalue weighted by atomic mass is 16.5. The van der Waals surface area contributed by atoms with Gasteiger partial charge in [0.05, 0.1) is 0 Å². The summed E-state index contributed by atoms with van der Waals surface area (Å²) < 4.78 is 5.08. The van der Waals surface area contributed by atoms with Crippen molar-refractivity contribution in [2.45, 2.75) is 6.92 Å². The Balaban J connectivity index is 2.75. The SMILES string of the molecule is CC(=O)/C(=C\c1ccccc1)C(=O)OCCN(C)C. The Morgan fingerprint density at radius 3 is 2.37 bits per heavy atom. The van der Waals surface area contributed by atoms with E-state index in [1.165, 1.54) is 6.92 Å². The molecule has 0 atom stereocenters. The van der Waals surface area contributed by atoms with Crippen LogP contribution < -0.4 is 0 Å². The number of ether oxygens (including phenoxy) is 1. The highest BCUT2D eigenvalue weighted by Crippen LogP contribution is 2.09. The molecule has 0 heterocycles. The number of likely N-dealkylation sites (N-methyl/N-ethyl adjacent to an activating group) is 1. The topological polar surface area (TPSA) is 46.6 Å². The van der Waals surface area contributed by atoms with Crippen molar-refractivity contribution in [3.8, 4) is 0 Å². The summed E-state index contributed by atoms with van der Waals surface area (Å²) in [4.78, 5) is 25.3. The number of carbonyl (C=O) groups is 2. The molecule has 0 aliphatic carbocycles. The molecule has 0 aliphatic rings. The second-order valence-corrected chi connectivity index (χ2v) is 4.46. The van der Waals surface area contributed by atoms with Crippen molar-refractivity contribution < 1.29 is 14.3 Å². The van der Waals surface area contributed by atoms with Gasteiger partial charge in [0.15, 0.2) is 5.78 Å². The average molecular weight is 261 g/mol. The van der Waals surface area contributed by atoms with Crippen LogP contribution in [0.25, 0.3) is 6.08 Å². The normalized spacial score (nSPS) is 11.5. The van der Waals surface area contributed by atoms with E-state index in [1.54, 1.807) is 6.08 Å². The molecule has 0 spiro atoms. The van der Waals surface area contributed by atoms with E-state index in [9.17, 15) is 9.59 Å². The first-order valence-electron chi connectivity index (χ1n) is 6.10. The van der Waals surface area contributed by atoms with E-state index < -0.39 is 5.97 Å². The standard InChI is InChI=1S/C15H19NO3/c1-12(17)14(11-13-7-5-4-6-8-13)15(18)19-10-9-16(2)3/h4-8,11H,9-10H2,1-3H3/b14-11+. The minimum absolute atomic E-state index is 0.0740.